The molecule has 3 N–H and O–H groups in total. The van der Waals surface area contributed by atoms with Crippen LogP contribution >= 0.6 is 0 Å². The van der Waals surface area contributed by atoms with Crippen molar-refractivity contribution in [2.24, 2.45) is 5.92 Å². The highest BCUT2D eigenvalue weighted by Crippen LogP contribution is 2.36. The Kier molecular flexibility index (Phi) is 5.91. The molecule has 1 aliphatic rings. The molecule has 0 bridgehead atoms. The van der Waals surface area contributed by atoms with E-state index in [1.165, 1.54) is 11.0 Å². The lowest BCUT2D eigenvalue weighted by Gasteiger charge is -2.33. The van der Waals surface area contributed by atoms with E-state index in [1.807, 2.05) is 0 Å². The SMILES string of the molecule is CC(C)(C)OC(=O)N1CCCC(C(=O)Nc2ccc(N)cc2C(F)(F)F)C1. The van der Waals surface area contributed by atoms with E-state index < -0.39 is 35.3 Å². The first-order valence-corrected chi connectivity index (χ1v) is 8.62. The van der Waals surface area contributed by atoms with Crippen LogP contribution in [0.2, 0.25) is 0 Å². The van der Waals surface area contributed by atoms with Gasteiger partial charge in [-0.05, 0) is 51.8 Å². The third kappa shape index (κ3) is 5.77. The Balaban J connectivity index is 2.09. The van der Waals surface area contributed by atoms with Gasteiger partial charge in [0.15, 0.2) is 0 Å². The second-order valence-corrected chi connectivity index (χ2v) is 7.56. The minimum atomic E-state index is -4.65. The van der Waals surface area contributed by atoms with Crippen LogP contribution in [0.4, 0.5) is 29.3 Å². The first-order valence-electron chi connectivity index (χ1n) is 8.62. The van der Waals surface area contributed by atoms with Gasteiger partial charge in [-0.2, -0.15) is 13.2 Å². The summed E-state index contributed by atoms with van der Waals surface area (Å²) in [7, 11) is 0. The smallest absolute Gasteiger partial charge is 0.418 e. The van der Waals surface area contributed by atoms with Crippen molar-refractivity contribution in [2.45, 2.75) is 45.4 Å². The Bertz CT molecular complexity index is 714. The summed E-state index contributed by atoms with van der Waals surface area (Å²) in [4.78, 5) is 26.1. The second-order valence-electron chi connectivity index (χ2n) is 7.56. The molecule has 1 fully saturated rings. The number of nitrogens with one attached hydrogen (secondary N) is 1. The number of likely N-dealkylation sites (tertiary alicyclic amines) is 1. The molecule has 1 aromatic carbocycles. The number of nitrogens with zero attached hydrogens (tertiary/aromatic N) is 1. The lowest BCUT2D eigenvalue weighted by molar-refractivity contribution is -0.137. The molecule has 1 aromatic rings. The van der Waals surface area contributed by atoms with Crippen molar-refractivity contribution >= 4 is 23.4 Å². The normalized spacial score (nSPS) is 18.1. The number of benzene rings is 1. The first-order chi connectivity index (χ1) is 12.4. The molecule has 2 rings (SSSR count). The average molecular weight is 387 g/mol. The van der Waals surface area contributed by atoms with Gasteiger partial charge in [0.05, 0.1) is 17.2 Å². The number of amides is 2. The number of ether oxygens (including phenoxy) is 1. The number of rotatable bonds is 2. The van der Waals surface area contributed by atoms with Gasteiger partial charge >= 0.3 is 12.3 Å². The van der Waals surface area contributed by atoms with Crippen LogP contribution in [0.1, 0.15) is 39.2 Å². The first kappa shape index (κ1) is 20.9. The van der Waals surface area contributed by atoms with Gasteiger partial charge in [0.1, 0.15) is 5.60 Å². The Morgan fingerprint density at radius 1 is 1.26 bits per heavy atom. The highest BCUT2D eigenvalue weighted by Gasteiger charge is 2.36. The summed E-state index contributed by atoms with van der Waals surface area (Å²) in [6.45, 7) is 5.74. The molecule has 9 heteroatoms. The molecule has 0 radical (unpaired) electrons. The van der Waals surface area contributed by atoms with Crippen molar-refractivity contribution in [1.82, 2.24) is 4.90 Å². The highest BCUT2D eigenvalue weighted by atomic mass is 19.4. The van der Waals surface area contributed by atoms with E-state index in [9.17, 15) is 22.8 Å². The number of anilines is 2. The van der Waals surface area contributed by atoms with Crippen molar-refractivity contribution in [3.8, 4) is 0 Å². The summed E-state index contributed by atoms with van der Waals surface area (Å²) >= 11 is 0. The summed E-state index contributed by atoms with van der Waals surface area (Å²) in [6.07, 6.45) is -4.15. The number of carbonyl (C=O) groups excluding carboxylic acids is 2. The lowest BCUT2D eigenvalue weighted by atomic mass is 9.97. The zero-order valence-corrected chi connectivity index (χ0v) is 15.5. The number of halogens is 3. The number of carbonyl (C=O) groups is 2. The number of piperidine rings is 1. The van der Waals surface area contributed by atoms with Gasteiger partial charge in [-0.1, -0.05) is 0 Å². The molecular weight excluding hydrogens is 363 g/mol. The fourth-order valence-electron chi connectivity index (χ4n) is 2.82. The maximum absolute atomic E-state index is 13.2. The van der Waals surface area contributed by atoms with Gasteiger partial charge in [-0.25, -0.2) is 4.79 Å². The predicted molar refractivity (Wildman–Crippen MR) is 95.0 cm³/mol. The number of nitrogen functional groups attached to an aromatic ring is 1. The van der Waals surface area contributed by atoms with Gasteiger partial charge in [-0.3, -0.25) is 4.79 Å². The van der Waals surface area contributed by atoms with E-state index in [-0.39, 0.29) is 17.9 Å². The third-order valence-electron chi connectivity index (χ3n) is 4.05. The lowest BCUT2D eigenvalue weighted by Crippen LogP contribution is -2.45. The highest BCUT2D eigenvalue weighted by molar-refractivity contribution is 5.94. The van der Waals surface area contributed by atoms with Gasteiger partial charge in [0.2, 0.25) is 5.91 Å². The summed E-state index contributed by atoms with van der Waals surface area (Å²) < 4.78 is 44.8. The molecule has 1 aliphatic heterocycles. The zero-order chi connectivity index (χ0) is 20.4. The van der Waals surface area contributed by atoms with Gasteiger partial charge in [-0.15, -0.1) is 0 Å². The largest absolute Gasteiger partial charge is 0.444 e. The minimum absolute atomic E-state index is 0.0471. The molecule has 2 amide bonds. The molecular formula is C18H24F3N3O3. The Labute approximate surface area is 155 Å². The molecule has 1 saturated heterocycles. The van der Waals surface area contributed by atoms with Crippen molar-refractivity contribution in [1.29, 1.82) is 0 Å². The fourth-order valence-corrected chi connectivity index (χ4v) is 2.82. The number of nitrogens with two attached hydrogens (primary N) is 1. The molecule has 0 aromatic heterocycles. The summed E-state index contributed by atoms with van der Waals surface area (Å²) in [5.41, 5.74) is 3.36. The molecule has 0 aliphatic carbocycles. The van der Waals surface area contributed by atoms with Crippen molar-refractivity contribution < 1.29 is 27.5 Å². The molecule has 0 saturated carbocycles. The van der Waals surface area contributed by atoms with Crippen molar-refractivity contribution in [2.75, 3.05) is 24.1 Å². The monoisotopic (exact) mass is 387 g/mol. The predicted octanol–water partition coefficient (Wildman–Crippen LogP) is 3.87. The number of alkyl halides is 3. The standard InChI is InChI=1S/C18H24F3N3O3/c1-17(2,3)27-16(26)24-8-4-5-11(10-24)15(25)23-14-7-6-12(22)9-13(14)18(19,20)21/h6-7,9,11H,4-5,8,10,22H2,1-3H3,(H,23,25). The van der Waals surface area contributed by atoms with Crippen LogP contribution in [0.3, 0.4) is 0 Å². The Morgan fingerprint density at radius 3 is 2.52 bits per heavy atom. The summed E-state index contributed by atoms with van der Waals surface area (Å²) in [5.74, 6) is -1.19. The van der Waals surface area contributed by atoms with Gasteiger partial charge in [0, 0.05) is 18.8 Å². The third-order valence-corrected chi connectivity index (χ3v) is 4.05. The molecule has 150 valence electrons. The molecule has 0 spiro atoms. The van der Waals surface area contributed by atoms with E-state index in [2.05, 4.69) is 5.32 Å². The van der Waals surface area contributed by atoms with E-state index in [4.69, 9.17) is 10.5 Å². The number of hydrogen-bond donors (Lipinski definition) is 2. The minimum Gasteiger partial charge on any atom is -0.444 e. The van der Waals surface area contributed by atoms with Crippen LogP contribution in [0, 0.1) is 5.92 Å². The van der Waals surface area contributed by atoms with Crippen molar-refractivity contribution in [3.63, 3.8) is 0 Å². The van der Waals surface area contributed by atoms with E-state index >= 15 is 0 Å². The average Bonchev–Trinajstić information content (AvgIpc) is 2.54. The number of hydrogen-bond acceptors (Lipinski definition) is 4. The Hall–Kier alpha value is -2.45. The molecule has 27 heavy (non-hydrogen) atoms. The topological polar surface area (TPSA) is 84.7 Å². The summed E-state index contributed by atoms with van der Waals surface area (Å²) in [5, 5.41) is 2.33. The maximum atomic E-state index is 13.2. The molecule has 1 unspecified atom stereocenters. The van der Waals surface area contributed by atoms with E-state index in [1.54, 1.807) is 20.8 Å². The second kappa shape index (κ2) is 7.66. The van der Waals surface area contributed by atoms with E-state index in [0.717, 1.165) is 12.1 Å². The van der Waals surface area contributed by atoms with Gasteiger partial charge in [0.25, 0.3) is 0 Å². The van der Waals surface area contributed by atoms with Crippen LogP contribution in [0.15, 0.2) is 18.2 Å². The van der Waals surface area contributed by atoms with Crippen molar-refractivity contribution in [3.05, 3.63) is 23.8 Å². The van der Waals surface area contributed by atoms with Crippen LogP contribution in [-0.2, 0) is 15.7 Å². The van der Waals surface area contributed by atoms with Crippen LogP contribution in [0.5, 0.6) is 0 Å². The fraction of sp³-hybridized carbons (Fsp3) is 0.556. The molecule has 6 nitrogen and oxygen atoms in total. The molecule has 1 atom stereocenters. The van der Waals surface area contributed by atoms with Crippen LogP contribution in [-0.4, -0.2) is 35.6 Å². The summed E-state index contributed by atoms with van der Waals surface area (Å²) in [6, 6.07) is 3.20. The van der Waals surface area contributed by atoms with E-state index in [0.29, 0.717) is 19.4 Å². The quantitative estimate of drug-likeness (QED) is 0.755. The van der Waals surface area contributed by atoms with Crippen LogP contribution in [0.25, 0.3) is 0 Å². The maximum Gasteiger partial charge on any atom is 0.418 e. The van der Waals surface area contributed by atoms with Crippen LogP contribution < -0.4 is 11.1 Å². The zero-order valence-electron chi connectivity index (χ0n) is 15.5. The van der Waals surface area contributed by atoms with Gasteiger partial charge < -0.3 is 20.7 Å². The molecule has 1 heterocycles. The Morgan fingerprint density at radius 2 is 1.93 bits per heavy atom.